The predicted molar refractivity (Wildman–Crippen MR) is 112 cm³/mol. The van der Waals surface area contributed by atoms with Gasteiger partial charge in [0.25, 0.3) is 5.56 Å². The van der Waals surface area contributed by atoms with E-state index in [0.717, 1.165) is 0 Å². The van der Waals surface area contributed by atoms with Gasteiger partial charge in [0, 0.05) is 16.5 Å². The predicted octanol–water partition coefficient (Wildman–Crippen LogP) is 5.18. The number of anilines is 1. The Morgan fingerprint density at radius 2 is 2.04 bits per heavy atom. The Hall–Kier alpha value is -2.70. The normalized spacial score (nSPS) is 12.3. The molecule has 4 rings (SSSR count). The van der Waals surface area contributed by atoms with Crippen molar-refractivity contribution in [3.8, 4) is 11.1 Å². The zero-order chi connectivity index (χ0) is 19.0. The molecule has 4 aromatic rings. The summed E-state index contributed by atoms with van der Waals surface area (Å²) in [6.45, 7) is 4.18. The molecule has 27 heavy (non-hydrogen) atoms. The number of nitrogens with zero attached hydrogens (tertiary/aromatic N) is 2. The van der Waals surface area contributed by atoms with E-state index in [1.807, 2.05) is 6.07 Å². The maximum atomic E-state index is 12.0. The van der Waals surface area contributed by atoms with E-state index in [2.05, 4.69) is 64.0 Å². The van der Waals surface area contributed by atoms with Crippen molar-refractivity contribution < 1.29 is 0 Å². The largest absolute Gasteiger partial charge is 0.361 e. The van der Waals surface area contributed by atoms with Gasteiger partial charge in [-0.3, -0.25) is 4.79 Å². The number of nitrogens with one attached hydrogen (secondary N) is 2. The lowest BCUT2D eigenvalue weighted by Crippen LogP contribution is -2.14. The Morgan fingerprint density at radius 1 is 1.22 bits per heavy atom. The molecule has 0 amide bonds. The third kappa shape index (κ3) is 3.46. The molecule has 1 atom stereocenters. The fraction of sp³-hybridized carbons (Fsp3) is 0.150. The maximum Gasteiger partial charge on any atom is 0.273 e. The highest BCUT2D eigenvalue weighted by atomic mass is 35.5. The van der Waals surface area contributed by atoms with Gasteiger partial charge in [0.2, 0.25) is 0 Å². The van der Waals surface area contributed by atoms with Crippen LogP contribution in [0.25, 0.3) is 21.9 Å². The SMILES string of the molecule is Cc1ccccc1-c1csc([C@@H](C)Nc2n[nH]c(=O)c3cnc(Cl)cc23)c1. The Balaban J connectivity index is 1.66. The number of fused-ring (bicyclic) bond motifs is 1. The number of pyridine rings is 1. The highest BCUT2D eigenvalue weighted by Crippen LogP contribution is 2.33. The number of aromatic nitrogens is 3. The van der Waals surface area contributed by atoms with E-state index in [4.69, 9.17) is 11.6 Å². The number of H-pyrrole nitrogens is 1. The third-order valence-electron chi connectivity index (χ3n) is 4.50. The van der Waals surface area contributed by atoms with E-state index >= 15 is 0 Å². The van der Waals surface area contributed by atoms with E-state index in [-0.39, 0.29) is 11.6 Å². The van der Waals surface area contributed by atoms with Crippen molar-refractivity contribution in [3.05, 3.63) is 73.9 Å². The molecular formula is C20H17ClN4OS. The maximum absolute atomic E-state index is 12.0. The molecule has 2 N–H and O–H groups in total. The van der Waals surface area contributed by atoms with Gasteiger partial charge >= 0.3 is 0 Å². The van der Waals surface area contributed by atoms with Crippen LogP contribution in [0.1, 0.15) is 23.4 Å². The van der Waals surface area contributed by atoms with E-state index in [1.165, 1.54) is 27.8 Å². The van der Waals surface area contributed by atoms with Gasteiger partial charge in [-0.25, -0.2) is 10.1 Å². The second-order valence-electron chi connectivity index (χ2n) is 6.37. The molecule has 1 aromatic carbocycles. The molecule has 7 heteroatoms. The van der Waals surface area contributed by atoms with Crippen LogP contribution in [0.5, 0.6) is 0 Å². The first kappa shape index (κ1) is 17.7. The van der Waals surface area contributed by atoms with Crippen molar-refractivity contribution in [2.45, 2.75) is 19.9 Å². The number of aromatic amines is 1. The molecule has 136 valence electrons. The molecule has 0 aliphatic heterocycles. The van der Waals surface area contributed by atoms with Crippen molar-refractivity contribution in [1.82, 2.24) is 15.2 Å². The second kappa shape index (κ2) is 7.13. The molecule has 0 unspecified atom stereocenters. The smallest absolute Gasteiger partial charge is 0.273 e. The van der Waals surface area contributed by atoms with Crippen LogP contribution in [0.15, 0.2) is 52.8 Å². The standard InChI is InChI=1S/C20H17ClN4OS/c1-11-5-3-4-6-14(11)13-7-17(27-10-13)12(2)23-19-15-8-18(21)22-9-16(15)20(26)25-24-19/h3-10,12H,1-2H3,(H,23,24)(H,25,26)/t12-/m1/s1. The fourth-order valence-electron chi connectivity index (χ4n) is 3.04. The minimum Gasteiger partial charge on any atom is -0.361 e. The summed E-state index contributed by atoms with van der Waals surface area (Å²) in [5, 5.41) is 13.6. The lowest BCUT2D eigenvalue weighted by molar-refractivity contribution is 0.880. The van der Waals surface area contributed by atoms with E-state index in [9.17, 15) is 4.79 Å². The van der Waals surface area contributed by atoms with Crippen LogP contribution in [-0.4, -0.2) is 15.2 Å². The average molecular weight is 397 g/mol. The molecule has 0 fully saturated rings. The van der Waals surface area contributed by atoms with Crippen LogP contribution >= 0.6 is 22.9 Å². The summed E-state index contributed by atoms with van der Waals surface area (Å²) in [6.07, 6.45) is 1.47. The van der Waals surface area contributed by atoms with Gasteiger partial charge in [0.05, 0.1) is 11.4 Å². The van der Waals surface area contributed by atoms with Crippen LogP contribution in [0.3, 0.4) is 0 Å². The molecule has 0 bridgehead atoms. The van der Waals surface area contributed by atoms with Crippen molar-refractivity contribution in [2.75, 3.05) is 5.32 Å². The molecule has 0 aliphatic rings. The first-order valence-corrected chi connectivity index (χ1v) is 9.73. The van der Waals surface area contributed by atoms with Gasteiger partial charge in [-0.15, -0.1) is 11.3 Å². The molecule has 3 aromatic heterocycles. The first-order chi connectivity index (χ1) is 13.0. The molecule has 0 aliphatic carbocycles. The zero-order valence-corrected chi connectivity index (χ0v) is 16.4. The van der Waals surface area contributed by atoms with E-state index in [0.29, 0.717) is 21.7 Å². The summed E-state index contributed by atoms with van der Waals surface area (Å²) in [4.78, 5) is 17.1. The Labute approximate surface area is 165 Å². The van der Waals surface area contributed by atoms with E-state index in [1.54, 1.807) is 17.4 Å². The van der Waals surface area contributed by atoms with Gasteiger partial charge < -0.3 is 5.32 Å². The number of hydrogen-bond donors (Lipinski definition) is 2. The van der Waals surface area contributed by atoms with Crippen molar-refractivity contribution in [1.29, 1.82) is 0 Å². The van der Waals surface area contributed by atoms with Crippen molar-refractivity contribution in [3.63, 3.8) is 0 Å². The van der Waals surface area contributed by atoms with Crippen LogP contribution in [0, 0.1) is 6.92 Å². The monoisotopic (exact) mass is 396 g/mol. The second-order valence-corrected chi connectivity index (χ2v) is 7.70. The minimum atomic E-state index is -0.287. The minimum absolute atomic E-state index is 0.0151. The molecule has 0 spiro atoms. The Bertz CT molecular complexity index is 1180. The van der Waals surface area contributed by atoms with Gasteiger partial charge in [0.15, 0.2) is 5.82 Å². The van der Waals surface area contributed by atoms with Crippen LogP contribution in [0.2, 0.25) is 5.15 Å². The summed E-state index contributed by atoms with van der Waals surface area (Å²) < 4.78 is 0. The topological polar surface area (TPSA) is 70.7 Å². The number of benzene rings is 1. The number of thiophene rings is 1. The molecular weight excluding hydrogens is 380 g/mol. The van der Waals surface area contributed by atoms with Crippen LogP contribution in [-0.2, 0) is 0 Å². The molecule has 0 radical (unpaired) electrons. The molecule has 5 nitrogen and oxygen atoms in total. The third-order valence-corrected chi connectivity index (χ3v) is 5.82. The van der Waals surface area contributed by atoms with Gasteiger partial charge in [0.1, 0.15) is 5.15 Å². The van der Waals surface area contributed by atoms with Gasteiger partial charge in [-0.1, -0.05) is 35.9 Å². The number of aryl methyl sites for hydroxylation is 1. The summed E-state index contributed by atoms with van der Waals surface area (Å²) in [7, 11) is 0. The average Bonchev–Trinajstić information content (AvgIpc) is 3.14. The lowest BCUT2D eigenvalue weighted by Gasteiger charge is -2.14. The van der Waals surface area contributed by atoms with Crippen molar-refractivity contribution >= 4 is 39.5 Å². The zero-order valence-electron chi connectivity index (χ0n) is 14.8. The fourth-order valence-corrected chi connectivity index (χ4v) is 4.11. The van der Waals surface area contributed by atoms with Gasteiger partial charge in [-0.05, 0) is 48.1 Å². The first-order valence-electron chi connectivity index (χ1n) is 8.48. The van der Waals surface area contributed by atoms with Gasteiger partial charge in [-0.2, -0.15) is 5.10 Å². The van der Waals surface area contributed by atoms with Crippen LogP contribution < -0.4 is 10.9 Å². The molecule has 0 saturated carbocycles. The summed E-state index contributed by atoms with van der Waals surface area (Å²) >= 11 is 7.70. The number of rotatable bonds is 4. The lowest BCUT2D eigenvalue weighted by atomic mass is 10.0. The summed E-state index contributed by atoms with van der Waals surface area (Å²) in [5.74, 6) is 0.576. The number of halogens is 1. The van der Waals surface area contributed by atoms with Crippen LogP contribution in [0.4, 0.5) is 5.82 Å². The highest BCUT2D eigenvalue weighted by Gasteiger charge is 2.14. The summed E-state index contributed by atoms with van der Waals surface area (Å²) in [6, 6.07) is 12.2. The van der Waals surface area contributed by atoms with Crippen molar-refractivity contribution in [2.24, 2.45) is 0 Å². The Morgan fingerprint density at radius 3 is 2.85 bits per heavy atom. The highest BCUT2D eigenvalue weighted by molar-refractivity contribution is 7.10. The number of hydrogen-bond acceptors (Lipinski definition) is 5. The molecule has 0 saturated heterocycles. The summed E-state index contributed by atoms with van der Waals surface area (Å²) in [5.41, 5.74) is 3.40. The quantitative estimate of drug-likeness (QED) is 0.466. The Kier molecular flexibility index (Phi) is 4.68. The molecule has 3 heterocycles. The van der Waals surface area contributed by atoms with E-state index < -0.39 is 0 Å².